The molecule has 4 N–H and O–H groups in total. The van der Waals surface area contributed by atoms with Crippen molar-refractivity contribution in [3.05, 3.63) is 0 Å². The van der Waals surface area contributed by atoms with E-state index in [-0.39, 0.29) is 5.54 Å². The first kappa shape index (κ1) is 9.77. The normalized spacial score (nSPS) is 74.7. The highest BCUT2D eigenvalue weighted by molar-refractivity contribution is 5.44. The van der Waals surface area contributed by atoms with Gasteiger partial charge in [-0.25, -0.2) is 0 Å². The van der Waals surface area contributed by atoms with Gasteiger partial charge in [-0.3, -0.25) is 0 Å². The van der Waals surface area contributed by atoms with Crippen molar-refractivity contribution in [1.29, 1.82) is 0 Å². The molecule has 0 saturated heterocycles. The summed E-state index contributed by atoms with van der Waals surface area (Å²) in [4.78, 5) is 0. The first-order valence-electron chi connectivity index (χ1n) is 8.25. The van der Waals surface area contributed by atoms with Gasteiger partial charge in [-0.1, -0.05) is 25.7 Å². The summed E-state index contributed by atoms with van der Waals surface area (Å²) in [6, 6.07) is 0.549. The van der Waals surface area contributed by atoms with Crippen molar-refractivity contribution in [2.45, 2.75) is 50.1 Å². The van der Waals surface area contributed by atoms with Gasteiger partial charge in [-0.15, -0.1) is 0 Å². The van der Waals surface area contributed by atoms with Gasteiger partial charge < -0.3 is 11.5 Å². The SMILES string of the molecule is NC1C2CC12C1C2CC3C2C(C2CCCC2)C31N. The van der Waals surface area contributed by atoms with Gasteiger partial charge >= 0.3 is 0 Å². The predicted molar refractivity (Wildman–Crippen MR) is 69.5 cm³/mol. The molecule has 7 aliphatic rings. The van der Waals surface area contributed by atoms with Crippen LogP contribution in [-0.2, 0) is 0 Å². The molecule has 0 heterocycles. The van der Waals surface area contributed by atoms with E-state index in [1.165, 1.54) is 38.5 Å². The van der Waals surface area contributed by atoms with E-state index in [0.29, 0.717) is 11.5 Å². The summed E-state index contributed by atoms with van der Waals surface area (Å²) < 4.78 is 0. The Hall–Kier alpha value is -0.0800. The van der Waals surface area contributed by atoms with Crippen LogP contribution in [0.3, 0.4) is 0 Å². The lowest BCUT2D eigenvalue weighted by Gasteiger charge is -2.61. The number of fused-ring (bicyclic) bond motifs is 2. The van der Waals surface area contributed by atoms with Crippen LogP contribution in [0.15, 0.2) is 0 Å². The molecule has 7 fully saturated rings. The lowest BCUT2D eigenvalue weighted by Crippen LogP contribution is -2.68. The Labute approximate surface area is 109 Å². The van der Waals surface area contributed by atoms with Gasteiger partial charge in [0.05, 0.1) is 0 Å². The van der Waals surface area contributed by atoms with Crippen molar-refractivity contribution in [2.24, 2.45) is 58.3 Å². The van der Waals surface area contributed by atoms with Gasteiger partial charge in [0, 0.05) is 11.6 Å². The van der Waals surface area contributed by atoms with Gasteiger partial charge in [-0.2, -0.15) is 0 Å². The van der Waals surface area contributed by atoms with Crippen LogP contribution in [0.2, 0.25) is 0 Å². The van der Waals surface area contributed by atoms with Crippen molar-refractivity contribution in [2.75, 3.05) is 0 Å². The van der Waals surface area contributed by atoms with Crippen LogP contribution in [-0.4, -0.2) is 11.6 Å². The van der Waals surface area contributed by atoms with E-state index in [0.717, 1.165) is 41.4 Å². The maximum Gasteiger partial charge on any atom is 0.0257 e. The summed E-state index contributed by atoms with van der Waals surface area (Å²) in [5.41, 5.74) is 14.2. The quantitative estimate of drug-likeness (QED) is 0.777. The Bertz CT molecular complexity index is 450. The van der Waals surface area contributed by atoms with Crippen LogP contribution in [0, 0.1) is 46.8 Å². The molecule has 0 amide bonds. The molecule has 0 aliphatic heterocycles. The van der Waals surface area contributed by atoms with E-state index >= 15 is 0 Å². The standard InChI is InChI=1S/C16H24N2/c17-14-10-6-15(10,14)13-8-5-9-11(8)12(16(9,13)18)7-3-1-2-4-7/h7-14H,1-6,17-18H2. The monoisotopic (exact) mass is 244 g/mol. The molecule has 9 atom stereocenters. The summed E-state index contributed by atoms with van der Waals surface area (Å²) in [7, 11) is 0. The van der Waals surface area contributed by atoms with Gasteiger partial charge in [0.2, 0.25) is 0 Å². The third kappa shape index (κ3) is 0.685. The second-order valence-electron chi connectivity index (χ2n) is 8.58. The number of hydrogen-bond donors (Lipinski definition) is 2. The molecule has 7 rings (SSSR count). The van der Waals surface area contributed by atoms with Crippen LogP contribution >= 0.6 is 0 Å². The first-order chi connectivity index (χ1) is 8.70. The van der Waals surface area contributed by atoms with E-state index in [1.54, 1.807) is 0 Å². The van der Waals surface area contributed by atoms with Gasteiger partial charge in [-0.05, 0) is 59.7 Å². The average Bonchev–Trinajstić information content (AvgIpc) is 2.91. The topological polar surface area (TPSA) is 52.0 Å². The van der Waals surface area contributed by atoms with Gasteiger partial charge in [0.15, 0.2) is 0 Å². The summed E-state index contributed by atoms with van der Waals surface area (Å²) in [5, 5.41) is 0. The van der Waals surface area contributed by atoms with Crippen molar-refractivity contribution >= 4 is 0 Å². The zero-order valence-electron chi connectivity index (χ0n) is 11.0. The van der Waals surface area contributed by atoms with Crippen LogP contribution in [0.1, 0.15) is 38.5 Å². The van der Waals surface area contributed by atoms with Crippen molar-refractivity contribution in [3.63, 3.8) is 0 Å². The van der Waals surface area contributed by atoms with Crippen molar-refractivity contribution < 1.29 is 0 Å². The number of hydrogen-bond acceptors (Lipinski definition) is 2. The third-order valence-electron chi connectivity index (χ3n) is 8.62. The molecule has 18 heavy (non-hydrogen) atoms. The molecule has 98 valence electrons. The summed E-state index contributed by atoms with van der Waals surface area (Å²) >= 11 is 0. The largest absolute Gasteiger partial charge is 0.327 e. The Balaban J connectivity index is 1.40. The summed E-state index contributed by atoms with van der Waals surface area (Å²) in [5.74, 6) is 6.63. The number of nitrogens with two attached hydrogens (primary N) is 2. The fourth-order valence-corrected chi connectivity index (χ4v) is 7.86. The molecule has 4 bridgehead atoms. The fourth-order valence-electron chi connectivity index (χ4n) is 7.86. The molecule has 9 unspecified atom stereocenters. The lowest BCUT2D eigenvalue weighted by molar-refractivity contribution is -0.0925. The Morgan fingerprint density at radius 2 is 1.78 bits per heavy atom. The third-order valence-corrected chi connectivity index (χ3v) is 8.62. The van der Waals surface area contributed by atoms with Gasteiger partial charge in [0.1, 0.15) is 0 Å². The Morgan fingerprint density at radius 3 is 2.39 bits per heavy atom. The van der Waals surface area contributed by atoms with Crippen molar-refractivity contribution in [3.8, 4) is 0 Å². The van der Waals surface area contributed by atoms with Crippen LogP contribution < -0.4 is 11.5 Å². The number of rotatable bonds is 2. The molecular weight excluding hydrogens is 220 g/mol. The molecular formula is C16H24N2. The molecule has 2 heteroatoms. The highest BCUT2D eigenvalue weighted by atomic mass is 15.1. The van der Waals surface area contributed by atoms with Crippen LogP contribution in [0.5, 0.6) is 0 Å². The maximum absolute atomic E-state index is 7.06. The smallest absolute Gasteiger partial charge is 0.0257 e. The van der Waals surface area contributed by atoms with E-state index < -0.39 is 0 Å². The van der Waals surface area contributed by atoms with Gasteiger partial charge in [0.25, 0.3) is 0 Å². The van der Waals surface area contributed by atoms with E-state index in [1.807, 2.05) is 0 Å². The minimum absolute atomic E-state index is 0.257. The second-order valence-corrected chi connectivity index (χ2v) is 8.58. The summed E-state index contributed by atoms with van der Waals surface area (Å²) in [6.07, 6.45) is 8.80. The Kier molecular flexibility index (Phi) is 1.32. The molecule has 0 aromatic heterocycles. The molecule has 0 radical (unpaired) electrons. The van der Waals surface area contributed by atoms with E-state index in [9.17, 15) is 0 Å². The van der Waals surface area contributed by atoms with Crippen molar-refractivity contribution in [1.82, 2.24) is 0 Å². The van der Waals surface area contributed by atoms with E-state index in [4.69, 9.17) is 11.5 Å². The minimum atomic E-state index is 0.257. The van der Waals surface area contributed by atoms with Crippen LogP contribution in [0.25, 0.3) is 0 Å². The Morgan fingerprint density at radius 1 is 1.06 bits per heavy atom. The van der Waals surface area contributed by atoms with E-state index in [2.05, 4.69) is 0 Å². The maximum atomic E-state index is 7.06. The highest BCUT2D eigenvalue weighted by Gasteiger charge is 2.92. The molecule has 2 nitrogen and oxygen atoms in total. The van der Waals surface area contributed by atoms with Crippen LogP contribution in [0.4, 0.5) is 0 Å². The second kappa shape index (κ2) is 2.44. The molecule has 0 aromatic carbocycles. The zero-order valence-corrected chi connectivity index (χ0v) is 11.0. The molecule has 0 aromatic rings. The average molecular weight is 244 g/mol. The lowest BCUT2D eigenvalue weighted by atomic mass is 9.46. The fraction of sp³-hybridized carbons (Fsp3) is 1.00. The molecule has 7 aliphatic carbocycles. The summed E-state index contributed by atoms with van der Waals surface area (Å²) in [6.45, 7) is 0. The molecule has 0 spiro atoms. The zero-order chi connectivity index (χ0) is 11.9. The predicted octanol–water partition coefficient (Wildman–Crippen LogP) is 1.73. The highest BCUT2D eigenvalue weighted by Crippen LogP contribution is 2.90. The molecule has 7 saturated carbocycles. The minimum Gasteiger partial charge on any atom is -0.327 e. The first-order valence-corrected chi connectivity index (χ1v) is 8.25.